The van der Waals surface area contributed by atoms with Gasteiger partial charge in [0.2, 0.25) is 5.88 Å². The van der Waals surface area contributed by atoms with Crippen LogP contribution in [0.4, 0.5) is 5.82 Å². The van der Waals surface area contributed by atoms with Crippen molar-refractivity contribution in [3.63, 3.8) is 0 Å². The van der Waals surface area contributed by atoms with Gasteiger partial charge in [-0.2, -0.15) is 4.98 Å². The van der Waals surface area contributed by atoms with E-state index in [1.54, 1.807) is 6.20 Å². The van der Waals surface area contributed by atoms with E-state index in [0.29, 0.717) is 11.1 Å². The summed E-state index contributed by atoms with van der Waals surface area (Å²) in [5, 5.41) is 1.82. The quantitative estimate of drug-likeness (QED) is 0.847. The van der Waals surface area contributed by atoms with Gasteiger partial charge in [-0.25, -0.2) is 0 Å². The second-order valence-corrected chi connectivity index (χ2v) is 7.31. The molecule has 1 fully saturated rings. The summed E-state index contributed by atoms with van der Waals surface area (Å²) in [6, 6.07) is 0. The molecule has 3 rings (SSSR count). The van der Waals surface area contributed by atoms with Gasteiger partial charge in [0.05, 0.1) is 25.0 Å². The van der Waals surface area contributed by atoms with Crippen LogP contribution < -0.4 is 9.64 Å². The Hall–Kier alpha value is -1.50. The Bertz CT molecular complexity index is 542. The number of amidine groups is 1. The van der Waals surface area contributed by atoms with Crippen LogP contribution in [0, 0.1) is 0 Å². The molecule has 3 heterocycles. The molecule has 1 saturated heterocycles. The molecule has 0 aliphatic carbocycles. The zero-order valence-corrected chi connectivity index (χ0v) is 14.2. The topological polar surface area (TPSA) is 53.9 Å². The molecule has 1 unspecified atom stereocenters. The molecule has 0 N–H and O–H groups in total. The molecular weight excluding hydrogens is 298 g/mol. The Morgan fingerprint density at radius 1 is 1.18 bits per heavy atom. The molecule has 1 aromatic rings. The summed E-state index contributed by atoms with van der Waals surface area (Å²) in [5.74, 6) is 1.49. The van der Waals surface area contributed by atoms with Gasteiger partial charge in [-0.1, -0.05) is 18.7 Å². The lowest BCUT2D eigenvalue weighted by atomic mass is 10.3. The molecule has 6 nitrogen and oxygen atoms in total. The molecule has 7 heteroatoms. The van der Waals surface area contributed by atoms with Gasteiger partial charge in [-0.3, -0.25) is 9.98 Å². The number of thioether (sulfide) groups is 1. The van der Waals surface area contributed by atoms with E-state index in [4.69, 9.17) is 4.74 Å². The third-order valence-corrected chi connectivity index (χ3v) is 4.77. The molecule has 120 valence electrons. The first-order chi connectivity index (χ1) is 10.6. The van der Waals surface area contributed by atoms with E-state index in [1.165, 1.54) is 5.17 Å². The fourth-order valence-corrected chi connectivity index (χ4v) is 3.54. The van der Waals surface area contributed by atoms with Crippen molar-refractivity contribution in [1.29, 1.82) is 0 Å². The fourth-order valence-electron chi connectivity index (χ4n) is 2.55. The van der Waals surface area contributed by atoms with Crippen molar-refractivity contribution < 1.29 is 4.74 Å². The lowest BCUT2D eigenvalue weighted by Crippen LogP contribution is -2.48. The number of hydrogen-bond donors (Lipinski definition) is 0. The van der Waals surface area contributed by atoms with E-state index in [1.807, 2.05) is 31.8 Å². The first-order valence-electron chi connectivity index (χ1n) is 7.81. The number of aliphatic imine (C=N–C) groups is 1. The Labute approximate surface area is 136 Å². The summed E-state index contributed by atoms with van der Waals surface area (Å²) in [6.07, 6.45) is 3.60. The highest BCUT2D eigenvalue weighted by Gasteiger charge is 2.25. The Kier molecular flexibility index (Phi) is 4.71. The molecule has 22 heavy (non-hydrogen) atoms. The molecule has 0 aromatic carbocycles. The van der Waals surface area contributed by atoms with Gasteiger partial charge in [-0.15, -0.1) is 0 Å². The number of anilines is 1. The summed E-state index contributed by atoms with van der Waals surface area (Å²) in [7, 11) is 0. The summed E-state index contributed by atoms with van der Waals surface area (Å²) in [6.45, 7) is 11.0. The molecule has 0 saturated carbocycles. The van der Waals surface area contributed by atoms with Crippen molar-refractivity contribution in [3.05, 3.63) is 12.4 Å². The zero-order valence-electron chi connectivity index (χ0n) is 13.4. The van der Waals surface area contributed by atoms with Crippen molar-refractivity contribution in [2.75, 3.05) is 37.6 Å². The van der Waals surface area contributed by atoms with Gasteiger partial charge in [0.25, 0.3) is 0 Å². The van der Waals surface area contributed by atoms with Crippen LogP contribution in [0.5, 0.6) is 5.88 Å². The van der Waals surface area contributed by atoms with Gasteiger partial charge in [0.1, 0.15) is 0 Å². The van der Waals surface area contributed by atoms with Crippen LogP contribution >= 0.6 is 11.8 Å². The minimum Gasteiger partial charge on any atom is -0.474 e. The molecule has 1 atom stereocenters. The normalized spacial score (nSPS) is 22.2. The van der Waals surface area contributed by atoms with Crippen LogP contribution in [0.2, 0.25) is 0 Å². The van der Waals surface area contributed by atoms with Crippen LogP contribution in [0.3, 0.4) is 0 Å². The molecule has 0 spiro atoms. The molecule has 2 aliphatic heterocycles. The molecule has 2 aliphatic rings. The monoisotopic (exact) mass is 321 g/mol. The van der Waals surface area contributed by atoms with Crippen LogP contribution in [-0.2, 0) is 0 Å². The third-order valence-electron chi connectivity index (χ3n) is 3.62. The maximum atomic E-state index is 5.63. The van der Waals surface area contributed by atoms with E-state index < -0.39 is 0 Å². The lowest BCUT2D eigenvalue weighted by Gasteiger charge is -2.36. The maximum Gasteiger partial charge on any atom is 0.234 e. The number of aromatic nitrogens is 2. The average molecular weight is 321 g/mol. The lowest BCUT2D eigenvalue weighted by molar-refractivity contribution is 0.231. The van der Waals surface area contributed by atoms with Gasteiger partial charge in [0.15, 0.2) is 11.0 Å². The third kappa shape index (κ3) is 3.63. The second kappa shape index (κ2) is 6.73. The Morgan fingerprint density at radius 2 is 1.91 bits per heavy atom. The summed E-state index contributed by atoms with van der Waals surface area (Å²) >= 11 is 1.89. The zero-order chi connectivity index (χ0) is 15.5. The smallest absolute Gasteiger partial charge is 0.234 e. The van der Waals surface area contributed by atoms with Gasteiger partial charge >= 0.3 is 0 Å². The minimum absolute atomic E-state index is 0.112. The van der Waals surface area contributed by atoms with E-state index in [9.17, 15) is 0 Å². The first kappa shape index (κ1) is 15.4. The van der Waals surface area contributed by atoms with Gasteiger partial charge in [0, 0.05) is 31.4 Å². The predicted molar refractivity (Wildman–Crippen MR) is 90.9 cm³/mol. The molecule has 0 radical (unpaired) electrons. The van der Waals surface area contributed by atoms with Crippen molar-refractivity contribution >= 4 is 22.7 Å². The standard InChI is InChI=1S/C15H23N5OS/c1-11(2)21-14-10-16-9-13(18-14)19-4-6-20(7-5-19)15-17-8-12(3)22-15/h9-12H,4-8H2,1-3H3. The molecular formula is C15H23N5OS. The second-order valence-electron chi connectivity index (χ2n) is 5.91. The van der Waals surface area contributed by atoms with Crippen LogP contribution in [0.1, 0.15) is 20.8 Å². The molecule has 1 aromatic heterocycles. The summed E-state index contributed by atoms with van der Waals surface area (Å²) in [5.41, 5.74) is 0. The number of hydrogen-bond acceptors (Lipinski definition) is 7. The largest absolute Gasteiger partial charge is 0.474 e. The maximum absolute atomic E-state index is 5.63. The molecule has 0 bridgehead atoms. The number of nitrogens with zero attached hydrogens (tertiary/aromatic N) is 5. The van der Waals surface area contributed by atoms with Gasteiger partial charge in [-0.05, 0) is 13.8 Å². The van der Waals surface area contributed by atoms with Crippen LogP contribution in [0.15, 0.2) is 17.4 Å². The highest BCUT2D eigenvalue weighted by molar-refractivity contribution is 8.14. The number of piperazine rings is 1. The van der Waals surface area contributed by atoms with Crippen molar-refractivity contribution in [2.45, 2.75) is 32.1 Å². The van der Waals surface area contributed by atoms with Gasteiger partial charge < -0.3 is 14.5 Å². The van der Waals surface area contributed by atoms with Crippen LogP contribution in [0.25, 0.3) is 0 Å². The van der Waals surface area contributed by atoms with Crippen molar-refractivity contribution in [1.82, 2.24) is 14.9 Å². The molecule has 0 amide bonds. The predicted octanol–water partition coefficient (Wildman–Crippen LogP) is 1.88. The van der Waals surface area contributed by atoms with E-state index in [2.05, 4.69) is 31.7 Å². The summed E-state index contributed by atoms with van der Waals surface area (Å²) < 4.78 is 5.63. The van der Waals surface area contributed by atoms with Crippen LogP contribution in [-0.4, -0.2) is 64.1 Å². The van der Waals surface area contributed by atoms with E-state index in [-0.39, 0.29) is 6.10 Å². The minimum atomic E-state index is 0.112. The van der Waals surface area contributed by atoms with E-state index >= 15 is 0 Å². The first-order valence-corrected chi connectivity index (χ1v) is 8.69. The Balaban J connectivity index is 1.59. The highest BCUT2D eigenvalue weighted by Crippen LogP contribution is 2.24. The summed E-state index contributed by atoms with van der Waals surface area (Å²) in [4.78, 5) is 18.1. The average Bonchev–Trinajstić information content (AvgIpc) is 2.94. The van der Waals surface area contributed by atoms with Crippen molar-refractivity contribution in [3.8, 4) is 5.88 Å². The Morgan fingerprint density at radius 3 is 2.55 bits per heavy atom. The van der Waals surface area contributed by atoms with E-state index in [0.717, 1.165) is 38.5 Å². The number of rotatable bonds is 3. The fraction of sp³-hybridized carbons (Fsp3) is 0.667. The number of ether oxygens (including phenoxy) is 1. The highest BCUT2D eigenvalue weighted by atomic mass is 32.2. The SMILES string of the molecule is CC(C)Oc1cncc(N2CCN(C3=NCC(C)S3)CC2)n1. The van der Waals surface area contributed by atoms with Crippen molar-refractivity contribution in [2.24, 2.45) is 4.99 Å².